The summed E-state index contributed by atoms with van der Waals surface area (Å²) in [5.41, 5.74) is 2.30. The van der Waals surface area contributed by atoms with E-state index in [1.165, 1.54) is 18.3 Å². The molecular formula is C18H17ClN2O3. The number of carbonyl (C=O) groups excluding carboxylic acids is 2. The number of esters is 1. The van der Waals surface area contributed by atoms with Crippen molar-refractivity contribution in [3.05, 3.63) is 58.9 Å². The molecule has 0 bridgehead atoms. The van der Waals surface area contributed by atoms with E-state index >= 15 is 0 Å². The number of aromatic nitrogens is 1. The van der Waals surface area contributed by atoms with Crippen LogP contribution in [-0.4, -0.2) is 29.5 Å². The first-order chi connectivity index (χ1) is 11.6. The van der Waals surface area contributed by atoms with E-state index < -0.39 is 5.97 Å². The van der Waals surface area contributed by atoms with Crippen LogP contribution in [0, 0.1) is 0 Å². The molecule has 2 heterocycles. The summed E-state index contributed by atoms with van der Waals surface area (Å²) in [6.45, 7) is 1.69. The number of halogens is 1. The number of hydrogen-bond donors (Lipinski definition) is 0. The van der Waals surface area contributed by atoms with Gasteiger partial charge in [0.15, 0.2) is 6.61 Å². The van der Waals surface area contributed by atoms with Gasteiger partial charge in [-0.1, -0.05) is 29.8 Å². The molecule has 1 aromatic heterocycles. The van der Waals surface area contributed by atoms with Crippen molar-refractivity contribution in [2.24, 2.45) is 0 Å². The lowest BCUT2D eigenvalue weighted by molar-refractivity contribution is -0.122. The molecule has 0 saturated heterocycles. The number of rotatable bonds is 3. The summed E-state index contributed by atoms with van der Waals surface area (Å²) in [6.07, 6.45) is 3.25. The molecule has 5 nitrogen and oxygen atoms in total. The van der Waals surface area contributed by atoms with Gasteiger partial charge >= 0.3 is 5.97 Å². The van der Waals surface area contributed by atoms with Crippen LogP contribution < -0.4 is 4.90 Å². The molecule has 0 spiro atoms. The van der Waals surface area contributed by atoms with Crippen LogP contribution >= 0.6 is 11.6 Å². The Kier molecular flexibility index (Phi) is 4.81. The van der Waals surface area contributed by atoms with E-state index in [0.717, 1.165) is 24.1 Å². The molecule has 0 radical (unpaired) electrons. The number of anilines is 1. The molecule has 0 fully saturated rings. The minimum absolute atomic E-state index is 0.0708. The molecule has 3 rings (SSSR count). The summed E-state index contributed by atoms with van der Waals surface area (Å²) in [4.78, 5) is 30.1. The van der Waals surface area contributed by atoms with Gasteiger partial charge in [-0.05, 0) is 43.5 Å². The molecule has 1 aromatic carbocycles. The Bertz CT molecular complexity index is 778. The van der Waals surface area contributed by atoms with Gasteiger partial charge in [-0.2, -0.15) is 0 Å². The zero-order valence-electron chi connectivity index (χ0n) is 13.2. The van der Waals surface area contributed by atoms with Crippen molar-refractivity contribution >= 4 is 29.2 Å². The number of fused-ring (bicyclic) bond motifs is 1. The second-order valence-corrected chi connectivity index (χ2v) is 6.11. The fourth-order valence-electron chi connectivity index (χ4n) is 2.88. The SMILES string of the molecule is CC1CCc2ccccc2N1C(=O)COC(=O)c1ccnc(Cl)c1. The van der Waals surface area contributed by atoms with E-state index in [9.17, 15) is 9.59 Å². The Morgan fingerprint density at radius 1 is 1.33 bits per heavy atom. The minimum atomic E-state index is -0.592. The highest BCUT2D eigenvalue weighted by atomic mass is 35.5. The molecule has 6 heteroatoms. The van der Waals surface area contributed by atoms with Crippen molar-refractivity contribution in [3.63, 3.8) is 0 Å². The maximum Gasteiger partial charge on any atom is 0.338 e. The lowest BCUT2D eigenvalue weighted by Gasteiger charge is -2.35. The summed E-state index contributed by atoms with van der Waals surface area (Å²) in [5, 5.41) is 0.203. The Morgan fingerprint density at radius 3 is 2.92 bits per heavy atom. The topological polar surface area (TPSA) is 59.5 Å². The molecule has 0 N–H and O–H groups in total. The third-order valence-electron chi connectivity index (χ3n) is 4.08. The number of ether oxygens (including phenoxy) is 1. The predicted molar refractivity (Wildman–Crippen MR) is 91.2 cm³/mol. The summed E-state index contributed by atoms with van der Waals surface area (Å²) in [5.74, 6) is -0.825. The van der Waals surface area contributed by atoms with Crippen molar-refractivity contribution in [2.45, 2.75) is 25.8 Å². The molecule has 24 heavy (non-hydrogen) atoms. The van der Waals surface area contributed by atoms with Crippen LogP contribution in [0.5, 0.6) is 0 Å². The van der Waals surface area contributed by atoms with Crippen molar-refractivity contribution in [1.29, 1.82) is 0 Å². The highest BCUT2D eigenvalue weighted by molar-refractivity contribution is 6.29. The number of para-hydroxylation sites is 1. The fourth-order valence-corrected chi connectivity index (χ4v) is 3.05. The summed E-state index contributed by atoms with van der Waals surface area (Å²) in [7, 11) is 0. The standard InChI is InChI=1S/C18H17ClN2O3/c1-12-6-7-13-4-2-3-5-15(13)21(12)17(22)11-24-18(23)14-8-9-20-16(19)10-14/h2-5,8-10,12H,6-7,11H2,1H3. The highest BCUT2D eigenvalue weighted by Crippen LogP contribution is 2.30. The number of benzene rings is 1. The monoisotopic (exact) mass is 344 g/mol. The summed E-state index contributed by atoms with van der Waals surface area (Å²) >= 11 is 5.75. The van der Waals surface area contributed by atoms with Gasteiger partial charge in [0.1, 0.15) is 5.15 Å². The number of carbonyl (C=O) groups is 2. The third kappa shape index (κ3) is 3.41. The number of amides is 1. The van der Waals surface area contributed by atoms with Crippen LogP contribution in [0.1, 0.15) is 29.3 Å². The van der Waals surface area contributed by atoms with E-state index in [0.29, 0.717) is 0 Å². The van der Waals surface area contributed by atoms with E-state index in [-0.39, 0.29) is 29.3 Å². The van der Waals surface area contributed by atoms with Gasteiger partial charge < -0.3 is 9.64 Å². The number of nitrogens with zero attached hydrogens (tertiary/aromatic N) is 2. The van der Waals surface area contributed by atoms with Crippen LogP contribution in [0.3, 0.4) is 0 Å². The molecule has 1 aliphatic heterocycles. The van der Waals surface area contributed by atoms with Crippen molar-refractivity contribution in [2.75, 3.05) is 11.5 Å². The molecule has 0 saturated carbocycles. The van der Waals surface area contributed by atoms with Crippen LogP contribution in [0.15, 0.2) is 42.6 Å². The van der Waals surface area contributed by atoms with Crippen LogP contribution in [-0.2, 0) is 16.0 Å². The molecule has 1 atom stereocenters. The second kappa shape index (κ2) is 7.01. The van der Waals surface area contributed by atoms with Crippen molar-refractivity contribution < 1.29 is 14.3 Å². The normalized spacial score (nSPS) is 16.4. The zero-order chi connectivity index (χ0) is 17.1. The van der Waals surface area contributed by atoms with E-state index in [2.05, 4.69) is 4.98 Å². The third-order valence-corrected chi connectivity index (χ3v) is 4.29. The van der Waals surface area contributed by atoms with Crippen LogP contribution in [0.2, 0.25) is 5.15 Å². The van der Waals surface area contributed by atoms with Gasteiger partial charge in [0.05, 0.1) is 5.56 Å². The van der Waals surface area contributed by atoms with Crippen LogP contribution in [0.25, 0.3) is 0 Å². The quantitative estimate of drug-likeness (QED) is 0.633. The average molecular weight is 345 g/mol. The van der Waals surface area contributed by atoms with Gasteiger partial charge in [0, 0.05) is 17.9 Å². The molecule has 1 unspecified atom stereocenters. The largest absolute Gasteiger partial charge is 0.452 e. The second-order valence-electron chi connectivity index (χ2n) is 5.72. The minimum Gasteiger partial charge on any atom is -0.452 e. The lowest BCUT2D eigenvalue weighted by atomic mass is 9.96. The first-order valence-corrected chi connectivity index (χ1v) is 8.12. The molecule has 1 aliphatic rings. The average Bonchev–Trinajstić information content (AvgIpc) is 2.59. The Morgan fingerprint density at radius 2 is 2.12 bits per heavy atom. The van der Waals surface area contributed by atoms with Gasteiger partial charge in [-0.25, -0.2) is 9.78 Å². The predicted octanol–water partition coefficient (Wildman–Crippen LogP) is 3.26. The molecule has 2 aromatic rings. The highest BCUT2D eigenvalue weighted by Gasteiger charge is 2.28. The van der Waals surface area contributed by atoms with Gasteiger partial charge in [-0.15, -0.1) is 0 Å². The maximum absolute atomic E-state index is 12.6. The van der Waals surface area contributed by atoms with E-state index in [1.807, 2.05) is 31.2 Å². The van der Waals surface area contributed by atoms with Gasteiger partial charge in [0.2, 0.25) is 0 Å². The van der Waals surface area contributed by atoms with Crippen molar-refractivity contribution in [1.82, 2.24) is 4.98 Å². The van der Waals surface area contributed by atoms with E-state index in [1.54, 1.807) is 4.90 Å². The Balaban J connectivity index is 1.70. The Labute approximate surface area is 145 Å². The Hall–Kier alpha value is -2.40. The van der Waals surface area contributed by atoms with Gasteiger partial charge in [0.25, 0.3) is 5.91 Å². The van der Waals surface area contributed by atoms with Gasteiger partial charge in [-0.3, -0.25) is 4.79 Å². The first kappa shape index (κ1) is 16.5. The summed E-state index contributed by atoms with van der Waals surface area (Å²) in [6, 6.07) is 10.8. The zero-order valence-corrected chi connectivity index (χ0v) is 14.0. The van der Waals surface area contributed by atoms with Crippen molar-refractivity contribution in [3.8, 4) is 0 Å². The first-order valence-electron chi connectivity index (χ1n) is 7.75. The number of hydrogen-bond acceptors (Lipinski definition) is 4. The molecule has 1 amide bonds. The van der Waals surface area contributed by atoms with Crippen LogP contribution in [0.4, 0.5) is 5.69 Å². The molecule has 0 aliphatic carbocycles. The number of aryl methyl sites for hydroxylation is 1. The summed E-state index contributed by atoms with van der Waals surface area (Å²) < 4.78 is 5.14. The number of pyridine rings is 1. The maximum atomic E-state index is 12.6. The molecule has 124 valence electrons. The fraction of sp³-hybridized carbons (Fsp3) is 0.278. The smallest absolute Gasteiger partial charge is 0.338 e. The van der Waals surface area contributed by atoms with E-state index in [4.69, 9.17) is 16.3 Å². The lowest BCUT2D eigenvalue weighted by Crippen LogP contribution is -2.44. The molecular weight excluding hydrogens is 328 g/mol.